The van der Waals surface area contributed by atoms with Crippen molar-refractivity contribution in [2.45, 2.75) is 51.6 Å². The van der Waals surface area contributed by atoms with Gasteiger partial charge in [0.05, 0.1) is 25.7 Å². The van der Waals surface area contributed by atoms with Crippen LogP contribution in [0.1, 0.15) is 55.6 Å². The van der Waals surface area contributed by atoms with Crippen molar-refractivity contribution in [3.05, 3.63) is 77.0 Å². The summed E-state index contributed by atoms with van der Waals surface area (Å²) in [5, 5.41) is 3.28. The summed E-state index contributed by atoms with van der Waals surface area (Å²) in [4.78, 5) is 26.8. The second-order valence-electron chi connectivity index (χ2n) is 9.34. The van der Waals surface area contributed by atoms with E-state index in [1.807, 2.05) is 57.2 Å². The Kier molecular flexibility index (Phi) is 7.45. The van der Waals surface area contributed by atoms with E-state index in [2.05, 4.69) is 11.9 Å². The second-order valence-corrected chi connectivity index (χ2v) is 9.34. The first-order valence-corrected chi connectivity index (χ1v) is 12.0. The Hall–Kier alpha value is -3.32. The number of aryl methyl sites for hydroxylation is 1. The molecule has 4 rings (SSSR count). The maximum Gasteiger partial charge on any atom is 0.316 e. The fraction of sp³-hybridized carbons (Fsp3) is 0.429. The van der Waals surface area contributed by atoms with Crippen LogP contribution in [-0.4, -0.2) is 38.2 Å². The normalized spacial score (nSPS) is 22.1. The monoisotopic (exact) mass is 479 g/mol. The number of benzene rings is 1. The van der Waals surface area contributed by atoms with Crippen molar-refractivity contribution in [1.29, 1.82) is 0 Å². The smallest absolute Gasteiger partial charge is 0.316 e. The molecule has 3 atom stereocenters. The highest BCUT2D eigenvalue weighted by atomic mass is 16.6. The molecule has 0 fully saturated rings. The second kappa shape index (κ2) is 10.5. The summed E-state index contributed by atoms with van der Waals surface area (Å²) in [5.41, 5.74) is 2.89. The molecule has 7 nitrogen and oxygen atoms in total. The van der Waals surface area contributed by atoms with E-state index >= 15 is 0 Å². The zero-order valence-electron chi connectivity index (χ0n) is 20.8. The highest BCUT2D eigenvalue weighted by molar-refractivity contribution is 6.00. The lowest BCUT2D eigenvalue weighted by Crippen LogP contribution is -2.42. The number of carbonyl (C=O) groups is 2. The predicted octanol–water partition coefficient (Wildman–Crippen LogP) is 4.78. The number of furan rings is 1. The van der Waals surface area contributed by atoms with E-state index in [1.54, 1.807) is 7.11 Å². The summed E-state index contributed by atoms with van der Waals surface area (Å²) in [6, 6.07) is 11.5. The molecule has 1 N–H and O–H groups in total. The van der Waals surface area contributed by atoms with Crippen molar-refractivity contribution in [2.24, 2.45) is 5.92 Å². The molecular formula is C28H33NO6. The Morgan fingerprint density at radius 1 is 1.20 bits per heavy atom. The lowest BCUT2D eigenvalue weighted by Gasteiger charge is -2.39. The van der Waals surface area contributed by atoms with Crippen LogP contribution in [-0.2, 0) is 19.1 Å². The molecule has 2 aromatic rings. The van der Waals surface area contributed by atoms with Gasteiger partial charge < -0.3 is 23.9 Å². The van der Waals surface area contributed by atoms with E-state index in [0.717, 1.165) is 17.0 Å². The first kappa shape index (κ1) is 24.8. The number of methoxy groups -OCH3 is 1. The molecule has 0 spiro atoms. The third kappa shape index (κ3) is 5.35. The third-order valence-corrected chi connectivity index (χ3v) is 6.50. The van der Waals surface area contributed by atoms with Gasteiger partial charge in [0.25, 0.3) is 0 Å². The number of nitrogens with one attached hydrogen (secondary N) is 1. The number of Topliss-reactive ketones (excluding diaryl/α,β-unsaturated/α-hetero) is 1. The van der Waals surface area contributed by atoms with Gasteiger partial charge in [0, 0.05) is 23.4 Å². The van der Waals surface area contributed by atoms with E-state index in [-0.39, 0.29) is 24.4 Å². The quantitative estimate of drug-likeness (QED) is 0.431. The van der Waals surface area contributed by atoms with Crippen molar-refractivity contribution in [3.8, 4) is 5.75 Å². The van der Waals surface area contributed by atoms with Crippen molar-refractivity contribution >= 4 is 11.8 Å². The number of ketones is 1. The van der Waals surface area contributed by atoms with Crippen molar-refractivity contribution in [1.82, 2.24) is 5.32 Å². The molecule has 0 saturated heterocycles. The van der Waals surface area contributed by atoms with Gasteiger partial charge in [-0.05, 0) is 62.9 Å². The molecule has 3 unspecified atom stereocenters. The van der Waals surface area contributed by atoms with Crippen LogP contribution in [0.2, 0.25) is 0 Å². The fourth-order valence-electron chi connectivity index (χ4n) is 4.90. The molecular weight excluding hydrogens is 446 g/mol. The van der Waals surface area contributed by atoms with Crippen LogP contribution < -0.4 is 10.1 Å². The molecule has 0 bridgehead atoms. The van der Waals surface area contributed by atoms with Gasteiger partial charge in [-0.1, -0.05) is 18.7 Å². The van der Waals surface area contributed by atoms with E-state index in [1.165, 1.54) is 0 Å². The summed E-state index contributed by atoms with van der Waals surface area (Å²) in [5.74, 6) is 0.173. The van der Waals surface area contributed by atoms with Crippen molar-refractivity contribution in [3.63, 3.8) is 0 Å². The zero-order chi connectivity index (χ0) is 25.1. The largest absolute Gasteiger partial charge is 0.497 e. The van der Waals surface area contributed by atoms with E-state index in [9.17, 15) is 9.59 Å². The van der Waals surface area contributed by atoms with Gasteiger partial charge in [-0.25, -0.2) is 0 Å². The van der Waals surface area contributed by atoms with E-state index < -0.39 is 17.8 Å². The van der Waals surface area contributed by atoms with Crippen molar-refractivity contribution in [2.75, 3.05) is 20.3 Å². The molecule has 1 aromatic carbocycles. The van der Waals surface area contributed by atoms with Crippen LogP contribution in [0.4, 0.5) is 0 Å². The number of carbonyl (C=O) groups excluding carboxylic acids is 2. The maximum atomic E-state index is 13.6. The zero-order valence-corrected chi connectivity index (χ0v) is 20.8. The average molecular weight is 480 g/mol. The van der Waals surface area contributed by atoms with Gasteiger partial charge in [-0.15, -0.1) is 0 Å². The number of allylic oxidation sites excluding steroid dienone is 2. The van der Waals surface area contributed by atoms with Crippen LogP contribution in [0, 0.1) is 12.8 Å². The summed E-state index contributed by atoms with van der Waals surface area (Å²) in [6.45, 7) is 10.3. The Balaban J connectivity index is 1.65. The van der Waals surface area contributed by atoms with Crippen LogP contribution in [0.25, 0.3) is 0 Å². The number of hydrogen-bond acceptors (Lipinski definition) is 7. The maximum absolute atomic E-state index is 13.6. The van der Waals surface area contributed by atoms with Crippen LogP contribution in [0.15, 0.2) is 64.4 Å². The Bertz CT molecular complexity index is 1140. The van der Waals surface area contributed by atoms with Gasteiger partial charge in [0.1, 0.15) is 29.8 Å². The minimum absolute atomic E-state index is 0.00711. The summed E-state index contributed by atoms with van der Waals surface area (Å²) in [6.07, 6.45) is 0.998. The lowest BCUT2D eigenvalue weighted by molar-refractivity contribution is -0.150. The van der Waals surface area contributed by atoms with Gasteiger partial charge in [-0.3, -0.25) is 9.59 Å². The molecule has 186 valence electrons. The molecule has 2 aliphatic rings. The van der Waals surface area contributed by atoms with Gasteiger partial charge >= 0.3 is 5.97 Å². The first-order valence-electron chi connectivity index (χ1n) is 12.0. The van der Waals surface area contributed by atoms with Gasteiger partial charge in [0.15, 0.2) is 5.78 Å². The van der Waals surface area contributed by atoms with E-state index in [0.29, 0.717) is 42.2 Å². The molecule has 35 heavy (non-hydrogen) atoms. The lowest BCUT2D eigenvalue weighted by atomic mass is 9.70. The van der Waals surface area contributed by atoms with E-state index in [4.69, 9.17) is 18.6 Å². The molecule has 1 aliphatic carbocycles. The summed E-state index contributed by atoms with van der Waals surface area (Å²) < 4.78 is 22.3. The minimum Gasteiger partial charge on any atom is -0.497 e. The first-order chi connectivity index (χ1) is 16.8. The predicted molar refractivity (Wildman–Crippen MR) is 131 cm³/mol. The Morgan fingerprint density at radius 3 is 2.69 bits per heavy atom. The Morgan fingerprint density at radius 2 is 2.00 bits per heavy atom. The van der Waals surface area contributed by atoms with Gasteiger partial charge in [-0.2, -0.15) is 0 Å². The highest BCUT2D eigenvalue weighted by Gasteiger charge is 2.46. The molecule has 0 amide bonds. The van der Waals surface area contributed by atoms with Crippen LogP contribution in [0.3, 0.4) is 0 Å². The summed E-state index contributed by atoms with van der Waals surface area (Å²) >= 11 is 0. The molecule has 1 aromatic heterocycles. The number of hydrogen-bond donors (Lipinski definition) is 1. The third-order valence-electron chi connectivity index (χ3n) is 6.50. The molecule has 0 saturated carbocycles. The molecule has 0 radical (unpaired) electrons. The van der Waals surface area contributed by atoms with Gasteiger partial charge in [0.2, 0.25) is 0 Å². The topological polar surface area (TPSA) is 87.0 Å². The fourth-order valence-corrected chi connectivity index (χ4v) is 4.90. The summed E-state index contributed by atoms with van der Waals surface area (Å²) in [7, 11) is 1.63. The molecule has 1 aliphatic heterocycles. The number of ether oxygens (including phenoxy) is 3. The standard InChI is InChI=1S/C28H33NO6/c1-16(2)33-11-12-34-28(31)25-18(4)29-22-14-20(19-7-6-8-21(13-19)32-5)15-23(30)26(22)27(25)24-10-9-17(3)35-24/h6-10,13,16,20,25,27,29H,4,11-12,14-15H2,1-3,5H3. The highest BCUT2D eigenvalue weighted by Crippen LogP contribution is 2.47. The number of esters is 1. The molecule has 7 heteroatoms. The number of rotatable bonds is 8. The Labute approximate surface area is 206 Å². The van der Waals surface area contributed by atoms with Crippen LogP contribution in [0.5, 0.6) is 5.75 Å². The van der Waals surface area contributed by atoms with Crippen molar-refractivity contribution < 1.29 is 28.2 Å². The average Bonchev–Trinajstić information content (AvgIpc) is 3.26. The SMILES string of the molecule is C=C1NC2=C(C(=O)CC(c3cccc(OC)c3)C2)C(c2ccc(C)o2)C1C(=O)OCCOC(C)C. The molecule has 2 heterocycles. The minimum atomic E-state index is -0.782. The van der Waals surface area contributed by atoms with Crippen LogP contribution >= 0.6 is 0 Å².